The number of furan rings is 1. The first-order chi connectivity index (χ1) is 7.61. The largest absolute Gasteiger partial charge is 0.497 e. The Morgan fingerprint density at radius 3 is 2.88 bits per heavy atom. The van der Waals surface area contributed by atoms with Gasteiger partial charge in [-0.05, 0) is 34.1 Å². The summed E-state index contributed by atoms with van der Waals surface area (Å²) in [5, 5.41) is 3.52. The predicted molar refractivity (Wildman–Crippen MR) is 64.8 cm³/mol. The van der Waals surface area contributed by atoms with E-state index in [4.69, 9.17) is 9.15 Å². The molecule has 0 atom stereocenters. The molecule has 0 fully saturated rings. The van der Waals surface area contributed by atoms with Gasteiger partial charge in [0, 0.05) is 12.3 Å². The summed E-state index contributed by atoms with van der Waals surface area (Å²) in [6.45, 7) is 1.45. The zero-order chi connectivity index (χ0) is 11.7. The summed E-state index contributed by atoms with van der Waals surface area (Å²) in [4.78, 5) is 11.1. The Morgan fingerprint density at radius 2 is 2.25 bits per heavy atom. The average molecular weight is 284 g/mol. The van der Waals surface area contributed by atoms with Crippen molar-refractivity contribution in [3.63, 3.8) is 0 Å². The smallest absolute Gasteiger partial charge is 0.221 e. The molecule has 16 heavy (non-hydrogen) atoms. The minimum atomic E-state index is -0.147. The van der Waals surface area contributed by atoms with Crippen LogP contribution in [0.15, 0.2) is 27.3 Å². The SMILES string of the molecule is COc1ccc2oc(Br)c(NC(C)=O)c2c1. The van der Waals surface area contributed by atoms with Crippen LogP contribution < -0.4 is 10.1 Å². The maximum absolute atomic E-state index is 11.1. The van der Waals surface area contributed by atoms with Crippen LogP contribution in [0.1, 0.15) is 6.92 Å². The zero-order valence-corrected chi connectivity index (χ0v) is 10.4. The van der Waals surface area contributed by atoms with Crippen LogP contribution in [0.5, 0.6) is 5.75 Å². The summed E-state index contributed by atoms with van der Waals surface area (Å²) in [5.41, 5.74) is 1.32. The second-order valence-corrected chi connectivity index (χ2v) is 4.01. The minimum absolute atomic E-state index is 0.147. The molecule has 0 unspecified atom stereocenters. The maximum Gasteiger partial charge on any atom is 0.221 e. The molecule has 1 aromatic heterocycles. The van der Waals surface area contributed by atoms with E-state index in [9.17, 15) is 4.79 Å². The molecule has 0 bridgehead atoms. The number of hydrogen-bond donors (Lipinski definition) is 1. The monoisotopic (exact) mass is 283 g/mol. The van der Waals surface area contributed by atoms with E-state index in [-0.39, 0.29) is 5.91 Å². The van der Waals surface area contributed by atoms with Gasteiger partial charge in [-0.15, -0.1) is 0 Å². The highest BCUT2D eigenvalue weighted by atomic mass is 79.9. The first-order valence-electron chi connectivity index (χ1n) is 4.65. The molecule has 0 aliphatic rings. The van der Waals surface area contributed by atoms with Gasteiger partial charge in [0.25, 0.3) is 0 Å². The molecule has 0 spiro atoms. The van der Waals surface area contributed by atoms with E-state index in [1.165, 1.54) is 6.92 Å². The number of rotatable bonds is 2. The third-order valence-electron chi connectivity index (χ3n) is 2.15. The lowest BCUT2D eigenvalue weighted by molar-refractivity contribution is -0.114. The number of nitrogens with one attached hydrogen (secondary N) is 1. The number of fused-ring (bicyclic) bond motifs is 1. The molecular formula is C11H10BrNO3. The Kier molecular flexibility index (Phi) is 2.87. The first kappa shape index (κ1) is 11.0. The molecule has 1 N–H and O–H groups in total. The van der Waals surface area contributed by atoms with Crippen molar-refractivity contribution in [1.82, 2.24) is 0 Å². The van der Waals surface area contributed by atoms with E-state index in [1.807, 2.05) is 6.07 Å². The van der Waals surface area contributed by atoms with Crippen LogP contribution in [0, 0.1) is 0 Å². The van der Waals surface area contributed by atoms with Crippen LogP contribution in [0.4, 0.5) is 5.69 Å². The summed E-state index contributed by atoms with van der Waals surface area (Å²) in [6, 6.07) is 5.41. The standard InChI is InChI=1S/C11H10BrNO3/c1-6(14)13-10-8-5-7(15-2)3-4-9(8)16-11(10)12/h3-5H,1-2H3,(H,13,14). The van der Waals surface area contributed by atoms with Gasteiger partial charge in [0.05, 0.1) is 7.11 Å². The van der Waals surface area contributed by atoms with Crippen LogP contribution in [0.25, 0.3) is 11.0 Å². The fraction of sp³-hybridized carbons (Fsp3) is 0.182. The van der Waals surface area contributed by atoms with Crippen molar-refractivity contribution in [2.75, 3.05) is 12.4 Å². The van der Waals surface area contributed by atoms with E-state index in [0.717, 1.165) is 5.39 Å². The van der Waals surface area contributed by atoms with E-state index < -0.39 is 0 Å². The molecule has 2 aromatic rings. The number of anilines is 1. The Labute approximate surface area is 101 Å². The highest BCUT2D eigenvalue weighted by Crippen LogP contribution is 2.36. The van der Waals surface area contributed by atoms with Gasteiger partial charge in [-0.3, -0.25) is 4.79 Å². The number of amides is 1. The molecule has 1 heterocycles. The van der Waals surface area contributed by atoms with Crippen molar-refractivity contribution in [2.45, 2.75) is 6.92 Å². The van der Waals surface area contributed by atoms with Crippen LogP contribution in [0.3, 0.4) is 0 Å². The number of carbonyl (C=O) groups excluding carboxylic acids is 1. The average Bonchev–Trinajstić information content (AvgIpc) is 2.54. The zero-order valence-electron chi connectivity index (χ0n) is 8.83. The molecule has 1 amide bonds. The van der Waals surface area contributed by atoms with Crippen molar-refractivity contribution in [1.29, 1.82) is 0 Å². The molecular weight excluding hydrogens is 274 g/mol. The molecule has 0 aliphatic carbocycles. The van der Waals surface area contributed by atoms with Crippen molar-refractivity contribution in [2.24, 2.45) is 0 Å². The highest BCUT2D eigenvalue weighted by molar-refractivity contribution is 9.10. The lowest BCUT2D eigenvalue weighted by Gasteiger charge is -2.01. The van der Waals surface area contributed by atoms with Gasteiger partial charge < -0.3 is 14.5 Å². The highest BCUT2D eigenvalue weighted by Gasteiger charge is 2.13. The van der Waals surface area contributed by atoms with Gasteiger partial charge in [0.2, 0.25) is 5.91 Å². The number of hydrogen-bond acceptors (Lipinski definition) is 3. The topological polar surface area (TPSA) is 51.5 Å². The Balaban J connectivity index is 2.61. The van der Waals surface area contributed by atoms with Crippen LogP contribution in [-0.4, -0.2) is 13.0 Å². The normalized spacial score (nSPS) is 10.4. The molecule has 5 heteroatoms. The molecule has 4 nitrogen and oxygen atoms in total. The van der Waals surface area contributed by atoms with Crippen LogP contribution in [-0.2, 0) is 4.79 Å². The van der Waals surface area contributed by atoms with Gasteiger partial charge in [-0.25, -0.2) is 0 Å². The van der Waals surface area contributed by atoms with Crippen LogP contribution in [0.2, 0.25) is 0 Å². The number of ether oxygens (including phenoxy) is 1. The Morgan fingerprint density at radius 1 is 1.50 bits per heavy atom. The molecule has 1 aromatic carbocycles. The molecule has 0 radical (unpaired) electrons. The molecule has 0 aliphatic heterocycles. The first-order valence-corrected chi connectivity index (χ1v) is 5.44. The molecule has 0 saturated heterocycles. The van der Waals surface area contributed by atoms with Crippen molar-refractivity contribution < 1.29 is 13.9 Å². The summed E-state index contributed by atoms with van der Waals surface area (Å²) in [6.07, 6.45) is 0. The third-order valence-corrected chi connectivity index (χ3v) is 2.71. The maximum atomic E-state index is 11.1. The van der Waals surface area contributed by atoms with Gasteiger partial charge >= 0.3 is 0 Å². The summed E-state index contributed by atoms with van der Waals surface area (Å²) >= 11 is 3.26. The Hall–Kier alpha value is -1.49. The molecule has 84 valence electrons. The lowest BCUT2D eigenvalue weighted by atomic mass is 10.2. The van der Waals surface area contributed by atoms with Gasteiger partial charge in [0.15, 0.2) is 4.67 Å². The van der Waals surface area contributed by atoms with E-state index >= 15 is 0 Å². The van der Waals surface area contributed by atoms with Crippen molar-refractivity contribution in [3.8, 4) is 5.75 Å². The number of carbonyl (C=O) groups is 1. The van der Waals surface area contributed by atoms with Gasteiger partial charge in [-0.2, -0.15) is 0 Å². The number of benzene rings is 1. The van der Waals surface area contributed by atoms with Gasteiger partial charge in [0.1, 0.15) is 17.0 Å². The van der Waals surface area contributed by atoms with Crippen molar-refractivity contribution in [3.05, 3.63) is 22.9 Å². The number of methoxy groups -OCH3 is 1. The fourth-order valence-electron chi connectivity index (χ4n) is 1.47. The Bertz CT molecular complexity index is 547. The second-order valence-electron chi connectivity index (χ2n) is 3.29. The molecule has 2 rings (SSSR count). The van der Waals surface area contributed by atoms with E-state index in [0.29, 0.717) is 21.7 Å². The van der Waals surface area contributed by atoms with E-state index in [1.54, 1.807) is 19.2 Å². The van der Waals surface area contributed by atoms with Crippen molar-refractivity contribution >= 4 is 38.5 Å². The quantitative estimate of drug-likeness (QED) is 0.921. The van der Waals surface area contributed by atoms with E-state index in [2.05, 4.69) is 21.2 Å². The fourth-order valence-corrected chi connectivity index (χ4v) is 1.95. The van der Waals surface area contributed by atoms with Gasteiger partial charge in [-0.1, -0.05) is 0 Å². The second kappa shape index (κ2) is 4.17. The predicted octanol–water partition coefficient (Wildman–Crippen LogP) is 3.16. The summed E-state index contributed by atoms with van der Waals surface area (Å²) in [7, 11) is 1.59. The summed E-state index contributed by atoms with van der Waals surface area (Å²) in [5.74, 6) is 0.568. The minimum Gasteiger partial charge on any atom is -0.497 e. The lowest BCUT2D eigenvalue weighted by Crippen LogP contribution is -2.05. The molecule has 0 saturated carbocycles. The summed E-state index contributed by atoms with van der Waals surface area (Å²) < 4.78 is 11.1. The number of halogens is 1. The third kappa shape index (κ3) is 1.90. The van der Waals surface area contributed by atoms with Crippen LogP contribution >= 0.6 is 15.9 Å².